The van der Waals surface area contributed by atoms with E-state index in [9.17, 15) is 9.18 Å². The van der Waals surface area contributed by atoms with E-state index in [1.807, 2.05) is 6.92 Å². The first-order valence-electron chi connectivity index (χ1n) is 7.23. The van der Waals surface area contributed by atoms with Gasteiger partial charge in [-0.05, 0) is 48.9 Å². The lowest BCUT2D eigenvalue weighted by atomic mass is 9.93. The molecule has 6 nitrogen and oxygen atoms in total. The second-order valence-corrected chi connectivity index (χ2v) is 5.30. The molecule has 2 heterocycles. The third-order valence-corrected chi connectivity index (χ3v) is 3.51. The number of hydrogen-bond donors (Lipinski definition) is 2. The Bertz CT molecular complexity index is 873. The summed E-state index contributed by atoms with van der Waals surface area (Å²) in [6, 6.07) is 8.05. The Labute approximate surface area is 137 Å². The Morgan fingerprint density at radius 3 is 2.79 bits per heavy atom. The number of aliphatic imine (C=N–C) groups is 1. The number of rotatable bonds is 2. The summed E-state index contributed by atoms with van der Waals surface area (Å²) in [6.45, 7) is 1.84. The number of nitrogens with zero attached hydrogens (tertiary/aromatic N) is 2. The zero-order chi connectivity index (χ0) is 17.3. The van der Waals surface area contributed by atoms with Gasteiger partial charge < -0.3 is 16.2 Å². The van der Waals surface area contributed by atoms with Gasteiger partial charge in [-0.3, -0.25) is 4.79 Å². The molecule has 1 aliphatic rings. The molecule has 0 aliphatic carbocycles. The van der Waals surface area contributed by atoms with Gasteiger partial charge in [0.1, 0.15) is 11.9 Å². The number of nitrogens with two attached hydrogens (primary N) is 2. The third kappa shape index (κ3) is 2.96. The monoisotopic (exact) mass is 326 g/mol. The highest BCUT2D eigenvalue weighted by Crippen LogP contribution is 2.37. The van der Waals surface area contributed by atoms with Gasteiger partial charge in [0, 0.05) is 22.9 Å². The van der Waals surface area contributed by atoms with E-state index in [0.29, 0.717) is 22.4 Å². The van der Waals surface area contributed by atoms with Crippen molar-refractivity contribution in [1.29, 1.82) is 0 Å². The van der Waals surface area contributed by atoms with E-state index in [1.165, 1.54) is 6.20 Å². The number of carbonyl (C=O) groups excluding carboxylic acids is 1. The van der Waals surface area contributed by atoms with Crippen LogP contribution in [-0.2, 0) is 0 Å². The molecule has 0 fully saturated rings. The first-order chi connectivity index (χ1) is 11.5. The molecule has 0 spiro atoms. The van der Waals surface area contributed by atoms with Crippen LogP contribution in [0.4, 0.5) is 4.39 Å². The minimum atomic E-state index is -0.593. The summed E-state index contributed by atoms with van der Waals surface area (Å²) in [5.41, 5.74) is 12.3. The van der Waals surface area contributed by atoms with Crippen LogP contribution < -0.4 is 16.2 Å². The lowest BCUT2D eigenvalue weighted by molar-refractivity contribution is 0.100. The Morgan fingerprint density at radius 1 is 1.29 bits per heavy atom. The van der Waals surface area contributed by atoms with Gasteiger partial charge >= 0.3 is 0 Å². The van der Waals surface area contributed by atoms with Crippen LogP contribution in [0.5, 0.6) is 5.75 Å². The van der Waals surface area contributed by atoms with Crippen molar-refractivity contribution in [2.24, 2.45) is 16.5 Å². The Kier molecular flexibility index (Phi) is 3.99. The van der Waals surface area contributed by atoms with Gasteiger partial charge in [-0.15, -0.1) is 0 Å². The smallest absolute Gasteiger partial charge is 0.280 e. The predicted octanol–water partition coefficient (Wildman–Crippen LogP) is 1.85. The van der Waals surface area contributed by atoms with Gasteiger partial charge in [0.25, 0.3) is 5.91 Å². The van der Waals surface area contributed by atoms with Crippen LogP contribution in [-0.4, -0.2) is 23.0 Å². The van der Waals surface area contributed by atoms with E-state index < -0.39 is 11.9 Å². The molecule has 0 saturated carbocycles. The van der Waals surface area contributed by atoms with Gasteiger partial charge in [0.05, 0.1) is 0 Å². The van der Waals surface area contributed by atoms with Crippen LogP contribution in [0.2, 0.25) is 0 Å². The van der Waals surface area contributed by atoms with Crippen LogP contribution in [0.25, 0.3) is 5.57 Å². The fourth-order valence-electron chi connectivity index (χ4n) is 2.54. The average molecular weight is 326 g/mol. The molecule has 1 aromatic heterocycles. The first-order valence-corrected chi connectivity index (χ1v) is 7.23. The quantitative estimate of drug-likeness (QED) is 0.498. The third-order valence-electron chi connectivity index (χ3n) is 3.51. The molecule has 3 rings (SSSR count). The highest BCUT2D eigenvalue weighted by Gasteiger charge is 2.23. The van der Waals surface area contributed by atoms with Crippen molar-refractivity contribution in [3.05, 3.63) is 65.2 Å². The number of carbonyl (C=O) groups is 1. The Balaban J connectivity index is 2.13. The molecule has 0 saturated heterocycles. The number of amides is 1. The predicted molar refractivity (Wildman–Crippen MR) is 87.9 cm³/mol. The summed E-state index contributed by atoms with van der Waals surface area (Å²) in [7, 11) is 0. The maximum Gasteiger partial charge on any atom is 0.280 e. The largest absolute Gasteiger partial charge is 0.486 e. The second-order valence-electron chi connectivity index (χ2n) is 5.30. The SMILES string of the molecule is CC1C=C(c2cccnc2F)c2cc(C(=O)N=C(N)N)ccc2O1. The van der Waals surface area contributed by atoms with Gasteiger partial charge in [0.15, 0.2) is 5.96 Å². The number of pyridine rings is 1. The van der Waals surface area contributed by atoms with Crippen molar-refractivity contribution in [3.8, 4) is 5.75 Å². The van der Waals surface area contributed by atoms with E-state index in [2.05, 4.69) is 9.98 Å². The number of hydrogen-bond acceptors (Lipinski definition) is 3. The van der Waals surface area contributed by atoms with Gasteiger partial charge in [-0.1, -0.05) is 0 Å². The van der Waals surface area contributed by atoms with Crippen molar-refractivity contribution in [1.82, 2.24) is 4.98 Å². The summed E-state index contributed by atoms with van der Waals surface area (Å²) in [5.74, 6) is -0.951. The van der Waals surface area contributed by atoms with Gasteiger partial charge in [0.2, 0.25) is 5.95 Å². The molecule has 1 atom stereocenters. The van der Waals surface area contributed by atoms with Crippen molar-refractivity contribution in [3.63, 3.8) is 0 Å². The Hall–Kier alpha value is -3.22. The molecule has 1 amide bonds. The molecule has 1 aliphatic heterocycles. The topological polar surface area (TPSA) is 104 Å². The summed E-state index contributed by atoms with van der Waals surface area (Å²) in [6.07, 6.45) is 2.91. The van der Waals surface area contributed by atoms with E-state index in [-0.39, 0.29) is 17.6 Å². The normalized spacial score (nSPS) is 15.8. The molecule has 122 valence electrons. The van der Waals surface area contributed by atoms with Crippen LogP contribution in [0.1, 0.15) is 28.4 Å². The number of guanidine groups is 1. The number of fused-ring (bicyclic) bond motifs is 1. The number of aromatic nitrogens is 1. The summed E-state index contributed by atoms with van der Waals surface area (Å²) in [5, 5.41) is 0. The van der Waals surface area contributed by atoms with Gasteiger partial charge in [-0.2, -0.15) is 9.38 Å². The molecular weight excluding hydrogens is 311 g/mol. The van der Waals surface area contributed by atoms with E-state index in [4.69, 9.17) is 16.2 Å². The number of halogens is 1. The number of ether oxygens (including phenoxy) is 1. The van der Waals surface area contributed by atoms with Crippen molar-refractivity contribution < 1.29 is 13.9 Å². The minimum Gasteiger partial charge on any atom is -0.486 e. The fourth-order valence-corrected chi connectivity index (χ4v) is 2.54. The lowest BCUT2D eigenvalue weighted by Gasteiger charge is -2.24. The molecule has 2 aromatic rings. The van der Waals surface area contributed by atoms with Crippen molar-refractivity contribution >= 4 is 17.4 Å². The van der Waals surface area contributed by atoms with E-state index >= 15 is 0 Å². The summed E-state index contributed by atoms with van der Waals surface area (Å²) in [4.78, 5) is 19.2. The van der Waals surface area contributed by atoms with E-state index in [1.54, 1.807) is 36.4 Å². The maximum absolute atomic E-state index is 14.1. The van der Waals surface area contributed by atoms with Crippen LogP contribution in [0, 0.1) is 5.95 Å². The van der Waals surface area contributed by atoms with Gasteiger partial charge in [-0.25, -0.2) is 4.98 Å². The van der Waals surface area contributed by atoms with Crippen LogP contribution in [0.15, 0.2) is 47.6 Å². The summed E-state index contributed by atoms with van der Waals surface area (Å²) < 4.78 is 19.8. The zero-order valence-corrected chi connectivity index (χ0v) is 12.9. The standard InChI is InChI=1S/C17H15FN4O2/c1-9-7-12(11-3-2-6-21-15(11)18)13-8-10(4-5-14(13)24-9)16(23)22-17(19)20/h2-9H,1H3,(H4,19,20,22,23). The van der Waals surface area contributed by atoms with E-state index in [0.717, 1.165) is 0 Å². The van der Waals surface area contributed by atoms with Crippen LogP contribution >= 0.6 is 0 Å². The molecule has 7 heteroatoms. The molecule has 1 unspecified atom stereocenters. The number of benzene rings is 1. The molecule has 4 N–H and O–H groups in total. The Morgan fingerprint density at radius 2 is 2.08 bits per heavy atom. The highest BCUT2D eigenvalue weighted by molar-refractivity contribution is 6.03. The second kappa shape index (κ2) is 6.11. The molecule has 0 bridgehead atoms. The minimum absolute atomic E-state index is 0.244. The summed E-state index contributed by atoms with van der Waals surface area (Å²) >= 11 is 0. The maximum atomic E-state index is 14.1. The average Bonchev–Trinajstić information content (AvgIpc) is 2.53. The molecule has 1 aromatic carbocycles. The first kappa shape index (κ1) is 15.7. The molecular formula is C17H15FN4O2. The zero-order valence-electron chi connectivity index (χ0n) is 12.9. The van der Waals surface area contributed by atoms with Crippen molar-refractivity contribution in [2.75, 3.05) is 0 Å². The lowest BCUT2D eigenvalue weighted by Crippen LogP contribution is -2.24. The fraction of sp³-hybridized carbons (Fsp3) is 0.118. The molecule has 0 radical (unpaired) electrons. The molecule has 24 heavy (non-hydrogen) atoms. The van der Waals surface area contributed by atoms with Crippen LogP contribution in [0.3, 0.4) is 0 Å². The van der Waals surface area contributed by atoms with Crippen molar-refractivity contribution in [2.45, 2.75) is 13.0 Å². The highest BCUT2D eigenvalue weighted by atomic mass is 19.1.